The number of aromatic carboxylic acids is 1. The van der Waals surface area contributed by atoms with Crippen LogP contribution in [0.4, 0.5) is 5.13 Å². The van der Waals surface area contributed by atoms with Crippen LogP contribution in [-0.2, 0) is 6.61 Å². The molecule has 31 heavy (non-hydrogen) atoms. The molecule has 0 spiro atoms. The number of ether oxygens (including phenoxy) is 1. The molecule has 7 heteroatoms. The van der Waals surface area contributed by atoms with Gasteiger partial charge in [-0.05, 0) is 29.3 Å². The summed E-state index contributed by atoms with van der Waals surface area (Å²) in [4.78, 5) is 16.2. The Morgan fingerprint density at radius 1 is 1.06 bits per heavy atom. The van der Waals surface area contributed by atoms with E-state index in [2.05, 4.69) is 15.5 Å². The number of hydrogen-bond donors (Lipinski definition) is 2. The number of carboxylic acids is 1. The van der Waals surface area contributed by atoms with Crippen molar-refractivity contribution in [2.45, 2.75) is 6.61 Å². The van der Waals surface area contributed by atoms with Gasteiger partial charge in [0.25, 0.3) is 0 Å². The average molecular weight is 430 g/mol. The van der Waals surface area contributed by atoms with Gasteiger partial charge in [0, 0.05) is 10.9 Å². The van der Waals surface area contributed by atoms with Crippen LogP contribution in [0.25, 0.3) is 11.3 Å². The Hall–Kier alpha value is -3.97. The van der Waals surface area contributed by atoms with Gasteiger partial charge in [-0.25, -0.2) is 9.78 Å². The Kier molecular flexibility index (Phi) is 6.35. The molecule has 0 aliphatic carbocycles. The Morgan fingerprint density at radius 3 is 2.55 bits per heavy atom. The standard InChI is InChI=1S/C24H19N3O3S/c28-23(29)20-13-18(11-12-22(20)30-15-17-7-3-1-4-8-17)14-25-27-24-26-21(16-31-24)19-9-5-2-6-10-19/h1-14,16H,15H2,(H,26,27)(H,28,29). The molecule has 3 aromatic carbocycles. The SMILES string of the molecule is O=C(O)c1cc(C=NNc2nc(-c3ccccc3)cs2)ccc1OCc1ccccc1. The maximum atomic E-state index is 11.7. The lowest BCUT2D eigenvalue weighted by molar-refractivity contribution is 0.0691. The quantitative estimate of drug-likeness (QED) is 0.284. The van der Waals surface area contributed by atoms with E-state index in [0.717, 1.165) is 16.8 Å². The van der Waals surface area contributed by atoms with Gasteiger partial charge in [0.05, 0.1) is 11.9 Å². The smallest absolute Gasteiger partial charge is 0.339 e. The Balaban J connectivity index is 1.42. The number of rotatable bonds is 8. The molecule has 2 N–H and O–H groups in total. The fourth-order valence-electron chi connectivity index (χ4n) is 2.88. The summed E-state index contributed by atoms with van der Waals surface area (Å²) in [6.07, 6.45) is 1.55. The van der Waals surface area contributed by atoms with Crippen LogP contribution in [0, 0.1) is 0 Å². The van der Waals surface area contributed by atoms with E-state index in [4.69, 9.17) is 4.74 Å². The first-order chi connectivity index (χ1) is 15.2. The molecular formula is C24H19N3O3S. The topological polar surface area (TPSA) is 83.8 Å². The van der Waals surface area contributed by atoms with Gasteiger partial charge in [-0.15, -0.1) is 11.3 Å². The molecule has 1 aromatic heterocycles. The van der Waals surface area contributed by atoms with E-state index in [1.54, 1.807) is 18.3 Å². The zero-order valence-corrected chi connectivity index (χ0v) is 17.3. The van der Waals surface area contributed by atoms with E-state index in [0.29, 0.717) is 23.1 Å². The van der Waals surface area contributed by atoms with Gasteiger partial charge >= 0.3 is 5.97 Å². The molecule has 1 heterocycles. The normalized spacial score (nSPS) is 10.8. The van der Waals surface area contributed by atoms with Crippen molar-refractivity contribution in [1.29, 1.82) is 0 Å². The number of carboxylic acid groups (broad SMARTS) is 1. The molecule has 0 saturated carbocycles. The maximum absolute atomic E-state index is 11.7. The Morgan fingerprint density at radius 2 is 1.81 bits per heavy atom. The second-order valence-electron chi connectivity index (χ2n) is 6.61. The minimum atomic E-state index is -1.06. The Labute approximate surface area is 183 Å². The van der Waals surface area contributed by atoms with E-state index in [9.17, 15) is 9.90 Å². The Bertz CT molecular complexity index is 1190. The molecule has 6 nitrogen and oxygen atoms in total. The molecule has 0 fully saturated rings. The molecule has 0 saturated heterocycles. The molecule has 4 aromatic rings. The molecule has 0 unspecified atom stereocenters. The fourth-order valence-corrected chi connectivity index (χ4v) is 3.55. The highest BCUT2D eigenvalue weighted by molar-refractivity contribution is 7.14. The van der Waals surface area contributed by atoms with Crippen molar-refractivity contribution >= 4 is 28.7 Å². The van der Waals surface area contributed by atoms with Gasteiger partial charge in [-0.1, -0.05) is 60.7 Å². The number of hydrogen-bond acceptors (Lipinski definition) is 6. The van der Waals surface area contributed by atoms with Gasteiger partial charge in [-0.3, -0.25) is 5.43 Å². The summed E-state index contributed by atoms with van der Waals surface area (Å²) in [6, 6.07) is 24.4. The molecule has 0 atom stereocenters. The van der Waals surface area contributed by atoms with Crippen molar-refractivity contribution in [3.63, 3.8) is 0 Å². The lowest BCUT2D eigenvalue weighted by atomic mass is 10.1. The van der Waals surface area contributed by atoms with Crippen LogP contribution in [0.1, 0.15) is 21.5 Å². The van der Waals surface area contributed by atoms with Crippen LogP contribution < -0.4 is 10.2 Å². The summed E-state index contributed by atoms with van der Waals surface area (Å²) in [7, 11) is 0. The first-order valence-corrected chi connectivity index (χ1v) is 10.4. The molecule has 0 aliphatic heterocycles. The van der Waals surface area contributed by atoms with Crippen molar-refractivity contribution in [2.24, 2.45) is 5.10 Å². The average Bonchev–Trinajstić information content (AvgIpc) is 3.28. The van der Waals surface area contributed by atoms with Crippen LogP contribution in [0.5, 0.6) is 5.75 Å². The summed E-state index contributed by atoms with van der Waals surface area (Å²) in [6.45, 7) is 0.296. The van der Waals surface area contributed by atoms with E-state index in [1.807, 2.05) is 66.0 Å². The van der Waals surface area contributed by atoms with Gasteiger partial charge in [0.15, 0.2) is 0 Å². The minimum absolute atomic E-state index is 0.0838. The van der Waals surface area contributed by atoms with Crippen LogP contribution in [0.2, 0.25) is 0 Å². The second-order valence-corrected chi connectivity index (χ2v) is 7.47. The number of thiazole rings is 1. The zero-order valence-electron chi connectivity index (χ0n) is 16.4. The van der Waals surface area contributed by atoms with Gasteiger partial charge < -0.3 is 9.84 Å². The first kappa shape index (κ1) is 20.3. The highest BCUT2D eigenvalue weighted by atomic mass is 32.1. The summed E-state index contributed by atoms with van der Waals surface area (Å²) >= 11 is 1.44. The molecule has 0 radical (unpaired) electrons. The van der Waals surface area contributed by atoms with Crippen molar-refractivity contribution in [3.05, 3.63) is 101 Å². The van der Waals surface area contributed by atoms with Crippen LogP contribution >= 0.6 is 11.3 Å². The third kappa shape index (κ3) is 5.34. The summed E-state index contributed by atoms with van der Waals surface area (Å²) in [5.74, 6) is -0.743. The first-order valence-electron chi connectivity index (χ1n) is 9.53. The monoisotopic (exact) mass is 429 g/mol. The summed E-state index contributed by atoms with van der Waals surface area (Å²) < 4.78 is 5.71. The van der Waals surface area contributed by atoms with Crippen LogP contribution in [-0.4, -0.2) is 22.3 Å². The highest BCUT2D eigenvalue weighted by Crippen LogP contribution is 2.25. The zero-order chi connectivity index (χ0) is 21.5. The molecule has 0 amide bonds. The van der Waals surface area contributed by atoms with Crippen molar-refractivity contribution < 1.29 is 14.6 Å². The summed E-state index contributed by atoms with van der Waals surface area (Å²) in [5, 5.41) is 16.3. The summed E-state index contributed by atoms with van der Waals surface area (Å²) in [5.41, 5.74) is 6.48. The van der Waals surface area contributed by atoms with E-state index < -0.39 is 5.97 Å². The predicted molar refractivity (Wildman–Crippen MR) is 123 cm³/mol. The molecule has 4 rings (SSSR count). The van der Waals surface area contributed by atoms with E-state index in [-0.39, 0.29) is 5.56 Å². The number of benzene rings is 3. The number of carbonyl (C=O) groups is 1. The third-order valence-electron chi connectivity index (χ3n) is 4.42. The number of aromatic nitrogens is 1. The second kappa shape index (κ2) is 9.69. The van der Waals surface area contributed by atoms with Crippen molar-refractivity contribution in [2.75, 3.05) is 5.43 Å². The predicted octanol–water partition coefficient (Wildman–Crippen LogP) is 5.53. The van der Waals surface area contributed by atoms with Crippen molar-refractivity contribution in [1.82, 2.24) is 4.98 Å². The number of nitrogens with one attached hydrogen (secondary N) is 1. The van der Waals surface area contributed by atoms with E-state index in [1.165, 1.54) is 17.4 Å². The van der Waals surface area contributed by atoms with E-state index >= 15 is 0 Å². The molecule has 0 aliphatic rings. The molecular weight excluding hydrogens is 410 g/mol. The third-order valence-corrected chi connectivity index (χ3v) is 5.17. The molecule has 154 valence electrons. The molecule has 0 bridgehead atoms. The van der Waals surface area contributed by atoms with Gasteiger partial charge in [0.1, 0.15) is 17.9 Å². The fraction of sp³-hybridized carbons (Fsp3) is 0.0417. The number of nitrogens with zero attached hydrogens (tertiary/aromatic N) is 2. The highest BCUT2D eigenvalue weighted by Gasteiger charge is 2.12. The van der Waals surface area contributed by atoms with Crippen molar-refractivity contribution in [3.8, 4) is 17.0 Å². The van der Waals surface area contributed by atoms with Crippen LogP contribution in [0.15, 0.2) is 89.3 Å². The lowest BCUT2D eigenvalue weighted by Crippen LogP contribution is -2.04. The maximum Gasteiger partial charge on any atom is 0.339 e. The minimum Gasteiger partial charge on any atom is -0.488 e. The number of hydrazone groups is 1. The largest absolute Gasteiger partial charge is 0.488 e. The van der Waals surface area contributed by atoms with Gasteiger partial charge in [0.2, 0.25) is 5.13 Å². The van der Waals surface area contributed by atoms with Crippen LogP contribution in [0.3, 0.4) is 0 Å². The lowest BCUT2D eigenvalue weighted by Gasteiger charge is -2.10. The van der Waals surface area contributed by atoms with Gasteiger partial charge in [-0.2, -0.15) is 5.10 Å². The number of anilines is 1.